The van der Waals surface area contributed by atoms with Gasteiger partial charge in [-0.2, -0.15) is 0 Å². The van der Waals surface area contributed by atoms with Gasteiger partial charge in [0.2, 0.25) is 0 Å². The smallest absolute Gasteiger partial charge is 0.0629 e. The zero-order valence-corrected chi connectivity index (χ0v) is 21.2. The minimum absolute atomic E-state index is 0.111. The molecule has 39 heavy (non-hydrogen) atoms. The average molecular weight is 527 g/mol. The van der Waals surface area contributed by atoms with E-state index in [9.17, 15) is 0 Å². The van der Waals surface area contributed by atoms with Crippen molar-refractivity contribution >= 4 is 59.0 Å². The fourth-order valence-electron chi connectivity index (χ4n) is 5.48. The molecule has 184 valence electrons. The molecule has 0 aliphatic heterocycles. The lowest BCUT2D eigenvalue weighted by Gasteiger charge is -2.20. The van der Waals surface area contributed by atoms with Crippen LogP contribution in [0.4, 0.5) is 5.69 Å². The average Bonchev–Trinajstić information content (AvgIpc) is 3.62. The van der Waals surface area contributed by atoms with Crippen molar-refractivity contribution in [3.63, 3.8) is 0 Å². The molecular formula is C36H24N2S. The van der Waals surface area contributed by atoms with Gasteiger partial charge in [-0.05, 0) is 47.5 Å². The Morgan fingerprint density at radius 1 is 0.564 bits per heavy atom. The van der Waals surface area contributed by atoms with Gasteiger partial charge in [-0.1, -0.05) is 96.8 Å². The molecule has 0 atom stereocenters. The van der Waals surface area contributed by atoms with Crippen LogP contribution in [-0.4, -0.2) is 4.57 Å². The number of hydrogen-bond acceptors (Lipinski definition) is 2. The molecule has 8 rings (SSSR count). The molecule has 0 aliphatic carbocycles. The highest BCUT2D eigenvalue weighted by Gasteiger charge is 2.21. The highest BCUT2D eigenvalue weighted by Crippen LogP contribution is 2.45. The number of aromatic nitrogens is 1. The van der Waals surface area contributed by atoms with Crippen molar-refractivity contribution in [3.8, 4) is 27.9 Å². The van der Waals surface area contributed by atoms with E-state index in [2.05, 4.69) is 18.2 Å². The number of benzene rings is 6. The molecule has 0 fully saturated rings. The van der Waals surface area contributed by atoms with Gasteiger partial charge in [-0.25, -0.2) is 0 Å². The second-order valence-electron chi connectivity index (χ2n) is 9.28. The summed E-state index contributed by atoms with van der Waals surface area (Å²) >= 11 is 1.62. The number of nitrogens with zero attached hydrogens (tertiary/aromatic N) is 1. The topological polar surface area (TPSA) is 30.9 Å². The number of anilines is 1. The van der Waals surface area contributed by atoms with Crippen molar-refractivity contribution in [2.45, 2.75) is 0 Å². The first kappa shape index (κ1) is 14.3. The van der Waals surface area contributed by atoms with E-state index in [4.69, 9.17) is 19.4 Å². The van der Waals surface area contributed by atoms with Gasteiger partial charge in [0, 0.05) is 47.8 Å². The van der Waals surface area contributed by atoms with E-state index in [1.54, 1.807) is 11.3 Å². The van der Waals surface area contributed by atoms with E-state index in [1.807, 2.05) is 47.0 Å². The van der Waals surface area contributed by atoms with E-state index >= 15 is 0 Å². The summed E-state index contributed by atoms with van der Waals surface area (Å²) in [7, 11) is 0. The van der Waals surface area contributed by atoms with Crippen LogP contribution in [-0.2, 0) is 0 Å². The molecule has 2 heterocycles. The summed E-state index contributed by atoms with van der Waals surface area (Å²) in [5.41, 5.74) is 8.33. The maximum absolute atomic E-state index is 8.94. The van der Waals surface area contributed by atoms with E-state index in [0.29, 0.717) is 11.0 Å². The fraction of sp³-hybridized carbons (Fsp3) is 0. The van der Waals surface area contributed by atoms with Crippen molar-refractivity contribution in [3.05, 3.63) is 133 Å². The molecule has 0 saturated heterocycles. The molecule has 0 unspecified atom stereocenters. The normalized spacial score (nSPS) is 15.3. The Labute approximate surface area is 244 Å². The summed E-state index contributed by atoms with van der Waals surface area (Å²) in [5, 5.41) is 3.91. The molecule has 2 aromatic heterocycles. The Morgan fingerprint density at radius 3 is 1.87 bits per heavy atom. The van der Waals surface area contributed by atoms with Crippen molar-refractivity contribution in [1.29, 1.82) is 0 Å². The van der Waals surface area contributed by atoms with Crippen LogP contribution in [0.2, 0.25) is 0 Å². The summed E-state index contributed by atoms with van der Waals surface area (Å²) in [5.74, 6) is 0. The van der Waals surface area contributed by atoms with Gasteiger partial charge in [0.1, 0.15) is 0 Å². The Bertz CT molecular complexity index is 2600. The number of nitrogens with two attached hydrogens (primary N) is 1. The van der Waals surface area contributed by atoms with Crippen molar-refractivity contribution in [1.82, 2.24) is 4.57 Å². The molecule has 2 nitrogen and oxygen atoms in total. The van der Waals surface area contributed by atoms with Crippen LogP contribution in [0.1, 0.15) is 13.7 Å². The number of thiophene rings is 1. The summed E-state index contributed by atoms with van der Waals surface area (Å²) in [6, 6.07) is 17.8. The standard InChI is InChI=1S/C36H24N2S/c37-25-19-28(23-11-3-1-4-12-23)36(29(20-25)24-13-5-2-6-14-24)38-32-17-9-7-15-26(32)30-21-31-27-16-8-10-18-34(27)39-35(31)22-33(30)38/h1-22H,37H2/i1D,2D,3D,4D,5D,6D,11D,12D,13D,14D. The zero-order valence-electron chi connectivity index (χ0n) is 30.4. The van der Waals surface area contributed by atoms with Crippen LogP contribution in [0.15, 0.2) is 133 Å². The molecular weight excluding hydrogens is 492 g/mol. The van der Waals surface area contributed by atoms with Crippen molar-refractivity contribution in [2.24, 2.45) is 0 Å². The van der Waals surface area contributed by atoms with Crippen LogP contribution in [0.5, 0.6) is 0 Å². The molecule has 0 radical (unpaired) electrons. The van der Waals surface area contributed by atoms with Crippen LogP contribution in [0, 0.1) is 0 Å². The number of fused-ring (bicyclic) bond motifs is 6. The summed E-state index contributed by atoms with van der Waals surface area (Å²) in [6.07, 6.45) is 0. The van der Waals surface area contributed by atoms with Crippen molar-refractivity contribution < 1.29 is 13.7 Å². The molecule has 3 heteroatoms. The molecule has 0 saturated carbocycles. The second kappa shape index (κ2) is 8.59. The number of hydrogen-bond donors (Lipinski definition) is 1. The Morgan fingerprint density at radius 2 is 1.18 bits per heavy atom. The SMILES string of the molecule is [2H]c1c([2H])c([2H])c(-c2cc(N)cc(-c3c([2H])c([2H])c([2H])c([2H])c3[2H])c2-n2c3ccccc3c3cc4c(cc32)sc2ccccc24)c([2H])c1[2H]. The number of nitrogen functional groups attached to an aromatic ring is 1. The van der Waals surface area contributed by atoms with Crippen LogP contribution in [0.3, 0.4) is 0 Å². The first-order chi connectivity index (χ1) is 23.4. The zero-order chi connectivity index (χ0) is 34.6. The third-order valence-corrected chi connectivity index (χ3v) is 8.20. The van der Waals surface area contributed by atoms with E-state index in [1.165, 1.54) is 12.1 Å². The molecule has 8 aromatic rings. The minimum Gasteiger partial charge on any atom is -0.399 e. The van der Waals surface area contributed by atoms with E-state index < -0.39 is 60.4 Å². The van der Waals surface area contributed by atoms with Gasteiger partial charge in [0.25, 0.3) is 0 Å². The van der Waals surface area contributed by atoms with Crippen LogP contribution < -0.4 is 5.73 Å². The van der Waals surface area contributed by atoms with Crippen LogP contribution in [0.25, 0.3) is 69.9 Å². The number of rotatable bonds is 3. The molecule has 0 aliphatic rings. The van der Waals surface area contributed by atoms with Gasteiger partial charge in [-0.15, -0.1) is 11.3 Å². The van der Waals surface area contributed by atoms with E-state index in [-0.39, 0.29) is 33.6 Å². The maximum Gasteiger partial charge on any atom is 0.0629 e. The lowest BCUT2D eigenvalue weighted by atomic mass is 9.94. The Hall–Kier alpha value is -4.86. The highest BCUT2D eigenvalue weighted by molar-refractivity contribution is 7.25. The summed E-state index contributed by atoms with van der Waals surface area (Å²) in [4.78, 5) is 0. The second-order valence-corrected chi connectivity index (χ2v) is 10.4. The van der Waals surface area contributed by atoms with Crippen LogP contribution >= 0.6 is 11.3 Å². The molecule has 2 N–H and O–H groups in total. The summed E-state index contributed by atoms with van der Waals surface area (Å²) in [6.45, 7) is 0. The monoisotopic (exact) mass is 526 g/mol. The van der Waals surface area contributed by atoms with Gasteiger partial charge in [-0.3, -0.25) is 0 Å². The van der Waals surface area contributed by atoms with E-state index in [0.717, 1.165) is 30.9 Å². The van der Waals surface area contributed by atoms with Gasteiger partial charge < -0.3 is 10.3 Å². The highest BCUT2D eigenvalue weighted by atomic mass is 32.1. The quantitative estimate of drug-likeness (QED) is 0.228. The minimum atomic E-state index is -0.556. The molecule has 6 aromatic carbocycles. The lowest BCUT2D eigenvalue weighted by molar-refractivity contribution is 1.19. The molecule has 0 amide bonds. The third kappa shape index (κ3) is 3.41. The fourth-order valence-corrected chi connectivity index (χ4v) is 6.60. The lowest BCUT2D eigenvalue weighted by Crippen LogP contribution is -2.02. The Balaban J connectivity index is 1.64. The molecule has 0 spiro atoms. The third-order valence-electron chi connectivity index (χ3n) is 7.07. The van der Waals surface area contributed by atoms with Crippen molar-refractivity contribution in [2.75, 3.05) is 5.73 Å². The van der Waals surface area contributed by atoms with Gasteiger partial charge in [0.15, 0.2) is 0 Å². The summed E-state index contributed by atoms with van der Waals surface area (Å²) < 4.78 is 90.1. The predicted octanol–water partition coefficient (Wildman–Crippen LogP) is 10.1. The van der Waals surface area contributed by atoms with Gasteiger partial charge in [0.05, 0.1) is 30.4 Å². The largest absolute Gasteiger partial charge is 0.399 e. The first-order valence-corrected chi connectivity index (χ1v) is 13.1. The molecule has 0 bridgehead atoms. The van der Waals surface area contributed by atoms with Gasteiger partial charge >= 0.3 is 0 Å². The first-order valence-electron chi connectivity index (χ1n) is 17.3. The Kier molecular flexibility index (Phi) is 3.16. The maximum atomic E-state index is 8.94. The number of para-hydroxylation sites is 1. The predicted molar refractivity (Wildman–Crippen MR) is 169 cm³/mol.